The van der Waals surface area contributed by atoms with Gasteiger partial charge in [-0.25, -0.2) is 0 Å². The molecule has 0 radical (unpaired) electrons. The summed E-state index contributed by atoms with van der Waals surface area (Å²) in [4.78, 5) is 0. The summed E-state index contributed by atoms with van der Waals surface area (Å²) in [6.45, 7) is 14.6. The molecule has 2 aromatic carbocycles. The Bertz CT molecular complexity index is 1150. The van der Waals surface area contributed by atoms with Crippen LogP contribution in [0, 0.1) is 5.92 Å². The maximum absolute atomic E-state index is 2.76. The van der Waals surface area contributed by atoms with Crippen molar-refractivity contribution in [3.63, 3.8) is 0 Å². The van der Waals surface area contributed by atoms with Crippen molar-refractivity contribution in [3.8, 4) is 0 Å². The summed E-state index contributed by atoms with van der Waals surface area (Å²) < 4.78 is 2.67. The fourth-order valence-electron chi connectivity index (χ4n) is 6.02. The number of benzene rings is 2. The third-order valence-electron chi connectivity index (χ3n) is 8.29. The molecule has 34 heavy (non-hydrogen) atoms. The van der Waals surface area contributed by atoms with Crippen molar-refractivity contribution in [2.24, 2.45) is 5.92 Å². The fraction of sp³-hybridized carbons (Fsp3) is 0.438. The van der Waals surface area contributed by atoms with Gasteiger partial charge in [0.15, 0.2) is 0 Å². The first-order valence-corrected chi connectivity index (χ1v) is 21.7. The molecule has 2 unspecified atom stereocenters. The molecule has 0 aliphatic heterocycles. The number of unbranched alkanes of at least 4 members (excludes halogenated alkanes) is 2. The molecule has 2 aliphatic rings. The molecule has 0 heterocycles. The Balaban J connectivity index is 1.96. The Morgan fingerprint density at radius 2 is 1.41 bits per heavy atom. The van der Waals surface area contributed by atoms with Crippen molar-refractivity contribution >= 4 is 11.0 Å². The Kier molecular flexibility index (Phi) is 8.86. The van der Waals surface area contributed by atoms with Crippen LogP contribution in [-0.4, -0.2) is 5.43 Å². The van der Waals surface area contributed by atoms with Gasteiger partial charge in [-0.3, -0.25) is 0 Å². The van der Waals surface area contributed by atoms with Gasteiger partial charge in [0.25, 0.3) is 0 Å². The van der Waals surface area contributed by atoms with Crippen LogP contribution in [0.1, 0.15) is 87.5 Å². The van der Waals surface area contributed by atoms with E-state index in [1.807, 2.05) is 3.28 Å². The predicted octanol–water partition coefficient (Wildman–Crippen LogP) is 9.64. The molecule has 178 valence electrons. The minimum absolute atomic E-state index is 0.364. The van der Waals surface area contributed by atoms with E-state index in [2.05, 4.69) is 102 Å². The monoisotopic (exact) mass is 544 g/mol. The average molecular weight is 546 g/mol. The van der Waals surface area contributed by atoms with E-state index in [0.29, 0.717) is 9.54 Å². The van der Waals surface area contributed by atoms with Gasteiger partial charge in [0.05, 0.1) is 0 Å². The SMILES string of the molecule is CCCC[Si](CCCC)=[Zr]([C]1=C(C)C(C)=C(C)C1C)[CH]1C=C(c2ccccc2)c2ccccc21. The van der Waals surface area contributed by atoms with Crippen molar-refractivity contribution in [2.75, 3.05) is 0 Å². The van der Waals surface area contributed by atoms with Crippen LogP contribution in [0.5, 0.6) is 0 Å². The average Bonchev–Trinajstić information content (AvgIpc) is 3.33. The van der Waals surface area contributed by atoms with E-state index in [1.54, 1.807) is 22.3 Å². The van der Waals surface area contributed by atoms with Crippen molar-refractivity contribution < 1.29 is 20.4 Å². The summed E-state index contributed by atoms with van der Waals surface area (Å²) in [6.07, 6.45) is 8.29. The maximum atomic E-state index is 2.76. The molecule has 2 aromatic rings. The van der Waals surface area contributed by atoms with Crippen LogP contribution in [0.25, 0.3) is 5.57 Å². The molecule has 4 rings (SSSR count). The van der Waals surface area contributed by atoms with Gasteiger partial charge in [0, 0.05) is 0 Å². The van der Waals surface area contributed by atoms with Crippen molar-refractivity contribution in [2.45, 2.75) is 82.9 Å². The Morgan fingerprint density at radius 3 is 2.00 bits per heavy atom. The minimum atomic E-state index is -2.04. The third-order valence-corrected chi connectivity index (χ3v) is 29.8. The van der Waals surface area contributed by atoms with Gasteiger partial charge in [-0.1, -0.05) is 0 Å². The molecular weight excluding hydrogens is 504 g/mol. The zero-order valence-electron chi connectivity index (χ0n) is 22.2. The van der Waals surface area contributed by atoms with E-state index < -0.39 is 20.4 Å². The van der Waals surface area contributed by atoms with E-state index in [1.165, 1.54) is 54.5 Å². The summed E-state index contributed by atoms with van der Waals surface area (Å²) in [6, 6.07) is 23.7. The van der Waals surface area contributed by atoms with Gasteiger partial charge in [-0.15, -0.1) is 0 Å². The molecule has 2 atom stereocenters. The quantitative estimate of drug-likeness (QED) is 0.275. The number of rotatable bonds is 9. The van der Waals surface area contributed by atoms with Gasteiger partial charge in [-0.05, 0) is 0 Å². The van der Waals surface area contributed by atoms with E-state index in [4.69, 9.17) is 0 Å². The van der Waals surface area contributed by atoms with Crippen molar-refractivity contribution in [3.05, 3.63) is 97.4 Å². The van der Waals surface area contributed by atoms with Gasteiger partial charge < -0.3 is 0 Å². The molecule has 0 bridgehead atoms. The molecule has 0 amide bonds. The standard InChI is InChI=1S/C15H11.C9H13.C8H18Si.Zr/c1-2-6-12(7-3-1)15-11-10-13-8-4-5-9-14(13)15;1-6-5-7(2)9(4)8(6)3;1-3-5-7-9-8-6-4-2;/h1-11H;6H,1-4H3;3-8H2,1-2H3;. The second-order valence-electron chi connectivity index (χ2n) is 10.3. The summed E-state index contributed by atoms with van der Waals surface area (Å²) in [7, 11) is 0. The number of hydrogen-bond acceptors (Lipinski definition) is 0. The molecule has 2 aliphatic carbocycles. The molecule has 0 spiro atoms. The van der Waals surface area contributed by atoms with Gasteiger partial charge in [-0.2, -0.15) is 0 Å². The van der Waals surface area contributed by atoms with Crippen molar-refractivity contribution in [1.82, 2.24) is 0 Å². The second-order valence-corrected chi connectivity index (χ2v) is 25.8. The number of allylic oxidation sites excluding steroid dienone is 5. The number of hydrogen-bond donors (Lipinski definition) is 0. The topological polar surface area (TPSA) is 0 Å². The molecule has 0 N–H and O–H groups in total. The molecule has 0 saturated heterocycles. The molecule has 0 saturated carbocycles. The third kappa shape index (κ3) is 5.01. The molecular formula is C32H42SiZr. The summed E-state index contributed by atoms with van der Waals surface area (Å²) in [5, 5.41) is 0. The van der Waals surface area contributed by atoms with Crippen LogP contribution in [0.4, 0.5) is 0 Å². The van der Waals surface area contributed by atoms with Gasteiger partial charge >= 0.3 is 218 Å². The van der Waals surface area contributed by atoms with Gasteiger partial charge in [0.1, 0.15) is 0 Å². The van der Waals surface area contributed by atoms with Crippen LogP contribution in [0.2, 0.25) is 12.1 Å². The predicted molar refractivity (Wildman–Crippen MR) is 148 cm³/mol. The summed E-state index contributed by atoms with van der Waals surface area (Å²) in [5.41, 5.74) is 10.6. The van der Waals surface area contributed by atoms with E-state index in [0.717, 1.165) is 0 Å². The van der Waals surface area contributed by atoms with E-state index >= 15 is 0 Å². The Labute approximate surface area is 216 Å². The normalized spacial score (nSPS) is 19.5. The van der Waals surface area contributed by atoms with Crippen LogP contribution in [0.3, 0.4) is 0 Å². The first kappa shape index (κ1) is 25.8. The number of fused-ring (bicyclic) bond motifs is 1. The zero-order chi connectivity index (χ0) is 24.2. The fourth-order valence-corrected chi connectivity index (χ4v) is 31.8. The van der Waals surface area contributed by atoms with Crippen LogP contribution in [0.15, 0.2) is 80.7 Å². The van der Waals surface area contributed by atoms with Crippen LogP contribution in [-0.2, 0) is 20.4 Å². The molecule has 0 fully saturated rings. The first-order chi connectivity index (χ1) is 16.5. The molecule has 2 heteroatoms. The Hall–Kier alpha value is -1.24. The summed E-state index contributed by atoms with van der Waals surface area (Å²) in [5.74, 6) is 0.666. The summed E-state index contributed by atoms with van der Waals surface area (Å²) >= 11 is -2.04. The molecule has 0 aromatic heterocycles. The zero-order valence-corrected chi connectivity index (χ0v) is 25.6. The molecule has 0 nitrogen and oxygen atoms in total. The second kappa shape index (κ2) is 11.7. The first-order valence-electron chi connectivity index (χ1n) is 13.5. The van der Waals surface area contributed by atoms with E-state index in [9.17, 15) is 0 Å². The van der Waals surface area contributed by atoms with E-state index in [-0.39, 0.29) is 5.43 Å². The van der Waals surface area contributed by atoms with Gasteiger partial charge in [0.2, 0.25) is 0 Å². The van der Waals surface area contributed by atoms with Crippen molar-refractivity contribution in [1.29, 1.82) is 0 Å². The van der Waals surface area contributed by atoms with Crippen LogP contribution < -0.4 is 0 Å². The Morgan fingerprint density at radius 1 is 0.794 bits per heavy atom. The van der Waals surface area contributed by atoms with Crippen LogP contribution >= 0.6 is 0 Å².